The van der Waals surface area contributed by atoms with E-state index in [1.165, 1.54) is 28.6 Å². The molecule has 29 heavy (non-hydrogen) atoms. The van der Waals surface area contributed by atoms with Gasteiger partial charge in [0.05, 0.1) is 16.5 Å². The molecule has 7 nitrogen and oxygen atoms in total. The third-order valence-electron chi connectivity index (χ3n) is 5.31. The Hall–Kier alpha value is -3.02. The molecule has 0 atom stereocenters. The van der Waals surface area contributed by atoms with Gasteiger partial charge in [0.1, 0.15) is 5.82 Å². The van der Waals surface area contributed by atoms with E-state index < -0.39 is 10.0 Å². The smallest absolute Gasteiger partial charge is 0.243 e. The van der Waals surface area contributed by atoms with Gasteiger partial charge < -0.3 is 4.57 Å². The predicted molar refractivity (Wildman–Crippen MR) is 108 cm³/mol. The fourth-order valence-electron chi connectivity index (χ4n) is 3.81. The van der Waals surface area contributed by atoms with Gasteiger partial charge in [-0.3, -0.25) is 4.98 Å². The molecular formula is C21H21N5O2S. The van der Waals surface area contributed by atoms with Crippen LogP contribution in [0.4, 0.5) is 0 Å². The van der Waals surface area contributed by atoms with E-state index in [1.54, 1.807) is 12.4 Å². The Labute approximate surface area is 170 Å². The van der Waals surface area contributed by atoms with Crippen LogP contribution in [-0.4, -0.2) is 40.3 Å². The van der Waals surface area contributed by atoms with E-state index in [-0.39, 0.29) is 10.9 Å². The number of benzene rings is 1. The number of imidazole rings is 1. The van der Waals surface area contributed by atoms with Crippen molar-refractivity contribution >= 4 is 10.0 Å². The second kappa shape index (κ2) is 7.78. The first-order valence-electron chi connectivity index (χ1n) is 9.45. The minimum Gasteiger partial charge on any atom is -0.325 e. The summed E-state index contributed by atoms with van der Waals surface area (Å²) < 4.78 is 29.6. The number of nitrogens with zero attached hydrogens (tertiary/aromatic N) is 5. The molecule has 0 N–H and O–H groups in total. The quantitative estimate of drug-likeness (QED) is 0.662. The molecule has 148 valence electrons. The van der Waals surface area contributed by atoms with Gasteiger partial charge in [-0.05, 0) is 56.2 Å². The lowest BCUT2D eigenvalue weighted by molar-refractivity contribution is 0.273. The molecule has 1 fully saturated rings. The van der Waals surface area contributed by atoms with E-state index in [1.807, 2.05) is 31.3 Å². The first-order chi connectivity index (χ1) is 14.0. The molecule has 0 radical (unpaired) electrons. The number of rotatable bonds is 4. The predicted octanol–water partition coefficient (Wildman–Crippen LogP) is 3.15. The highest BCUT2D eigenvalue weighted by atomic mass is 32.2. The molecule has 0 spiro atoms. The van der Waals surface area contributed by atoms with Gasteiger partial charge in [-0.25, -0.2) is 13.4 Å². The molecule has 4 rings (SSSR count). The molecule has 0 aliphatic carbocycles. The molecule has 1 aliphatic heterocycles. The monoisotopic (exact) mass is 407 g/mol. The summed E-state index contributed by atoms with van der Waals surface area (Å²) in [5, 5.41) is 8.91. The molecule has 3 aromatic rings. The van der Waals surface area contributed by atoms with Crippen molar-refractivity contribution in [3.8, 4) is 17.5 Å². The molecule has 1 saturated heterocycles. The Morgan fingerprint density at radius 2 is 1.83 bits per heavy atom. The minimum atomic E-state index is -3.56. The number of aromatic nitrogens is 3. The standard InChI is InChI=1S/C21H21N5O2S/c1-16-14-24-21(18-3-2-10-23-15-18)26(16)19-8-11-25(12-9-19)29(27,28)20-6-4-17(13-22)5-7-20/h2-7,10,14-15,19H,8-9,11-12H2,1H3. The second-order valence-electron chi connectivity index (χ2n) is 7.11. The number of aryl methyl sites for hydroxylation is 1. The summed E-state index contributed by atoms with van der Waals surface area (Å²) in [5.74, 6) is 0.865. The molecule has 0 bridgehead atoms. The van der Waals surface area contributed by atoms with Crippen molar-refractivity contribution in [3.63, 3.8) is 0 Å². The van der Waals surface area contributed by atoms with Gasteiger partial charge in [0.2, 0.25) is 10.0 Å². The molecule has 1 aromatic carbocycles. The van der Waals surface area contributed by atoms with Crippen LogP contribution in [0, 0.1) is 18.3 Å². The largest absolute Gasteiger partial charge is 0.325 e. The zero-order valence-electron chi connectivity index (χ0n) is 16.1. The van der Waals surface area contributed by atoms with Crippen molar-refractivity contribution in [2.24, 2.45) is 0 Å². The van der Waals surface area contributed by atoms with E-state index in [0.29, 0.717) is 31.5 Å². The Kier molecular flexibility index (Phi) is 5.18. The van der Waals surface area contributed by atoms with Crippen LogP contribution in [0.25, 0.3) is 11.4 Å². The van der Waals surface area contributed by atoms with E-state index in [2.05, 4.69) is 14.5 Å². The molecule has 0 amide bonds. The highest BCUT2D eigenvalue weighted by Crippen LogP contribution is 2.31. The van der Waals surface area contributed by atoms with Crippen molar-refractivity contribution in [3.05, 3.63) is 66.2 Å². The topological polar surface area (TPSA) is 91.9 Å². The van der Waals surface area contributed by atoms with Crippen LogP contribution >= 0.6 is 0 Å². The summed E-state index contributed by atoms with van der Waals surface area (Å²) in [6.45, 7) is 2.90. The molecule has 1 aliphatic rings. The number of nitriles is 1. The van der Waals surface area contributed by atoms with Gasteiger partial charge in [0, 0.05) is 49.0 Å². The lowest BCUT2D eigenvalue weighted by Gasteiger charge is -2.33. The Morgan fingerprint density at radius 3 is 2.45 bits per heavy atom. The van der Waals surface area contributed by atoms with Gasteiger partial charge in [-0.15, -0.1) is 0 Å². The second-order valence-corrected chi connectivity index (χ2v) is 9.04. The Balaban J connectivity index is 1.53. The average molecular weight is 407 g/mol. The summed E-state index contributed by atoms with van der Waals surface area (Å²) >= 11 is 0. The molecule has 8 heteroatoms. The van der Waals surface area contributed by atoms with Gasteiger partial charge in [-0.1, -0.05) is 0 Å². The van der Waals surface area contributed by atoms with Crippen molar-refractivity contribution in [1.82, 2.24) is 18.8 Å². The maximum absolute atomic E-state index is 13.0. The van der Waals surface area contributed by atoms with Gasteiger partial charge >= 0.3 is 0 Å². The first kappa shape index (κ1) is 19.3. The lowest BCUT2D eigenvalue weighted by Crippen LogP contribution is -2.39. The molecule has 3 heterocycles. The highest BCUT2D eigenvalue weighted by Gasteiger charge is 2.31. The molecule has 0 saturated carbocycles. The van der Waals surface area contributed by atoms with Crippen molar-refractivity contribution in [2.75, 3.05) is 13.1 Å². The van der Waals surface area contributed by atoms with Crippen LogP contribution in [0.1, 0.15) is 30.1 Å². The van der Waals surface area contributed by atoms with Crippen LogP contribution in [0.5, 0.6) is 0 Å². The zero-order valence-corrected chi connectivity index (χ0v) is 16.9. The molecule has 0 unspecified atom stereocenters. The zero-order chi connectivity index (χ0) is 20.4. The van der Waals surface area contributed by atoms with Crippen molar-refractivity contribution in [2.45, 2.75) is 30.7 Å². The number of hydrogen-bond donors (Lipinski definition) is 0. The van der Waals surface area contributed by atoms with Crippen molar-refractivity contribution < 1.29 is 8.42 Å². The Morgan fingerprint density at radius 1 is 1.10 bits per heavy atom. The maximum atomic E-state index is 13.0. The van der Waals surface area contributed by atoms with Crippen LogP contribution in [-0.2, 0) is 10.0 Å². The minimum absolute atomic E-state index is 0.181. The maximum Gasteiger partial charge on any atom is 0.243 e. The third kappa shape index (κ3) is 3.67. The molecule has 2 aromatic heterocycles. The highest BCUT2D eigenvalue weighted by molar-refractivity contribution is 7.89. The summed E-state index contributed by atoms with van der Waals surface area (Å²) in [5.41, 5.74) is 2.45. The fraction of sp³-hybridized carbons (Fsp3) is 0.286. The normalized spacial score (nSPS) is 15.9. The van der Waals surface area contributed by atoms with Gasteiger partial charge in [0.15, 0.2) is 0 Å². The summed E-state index contributed by atoms with van der Waals surface area (Å²) in [6.07, 6.45) is 6.79. The number of pyridine rings is 1. The van der Waals surface area contributed by atoms with E-state index in [9.17, 15) is 8.42 Å². The Bertz CT molecular complexity index is 1140. The average Bonchev–Trinajstić information content (AvgIpc) is 3.16. The lowest BCUT2D eigenvalue weighted by atomic mass is 10.1. The van der Waals surface area contributed by atoms with Crippen LogP contribution in [0.15, 0.2) is 59.9 Å². The fourth-order valence-corrected chi connectivity index (χ4v) is 5.28. The number of sulfonamides is 1. The van der Waals surface area contributed by atoms with E-state index in [0.717, 1.165) is 17.1 Å². The number of piperidine rings is 1. The van der Waals surface area contributed by atoms with Gasteiger partial charge in [0.25, 0.3) is 0 Å². The van der Waals surface area contributed by atoms with E-state index in [4.69, 9.17) is 5.26 Å². The summed E-state index contributed by atoms with van der Waals surface area (Å²) in [7, 11) is -3.56. The number of hydrogen-bond acceptors (Lipinski definition) is 5. The van der Waals surface area contributed by atoms with E-state index >= 15 is 0 Å². The van der Waals surface area contributed by atoms with Crippen molar-refractivity contribution in [1.29, 1.82) is 5.26 Å². The molecular weight excluding hydrogens is 386 g/mol. The SMILES string of the molecule is Cc1cnc(-c2cccnc2)n1C1CCN(S(=O)(=O)c2ccc(C#N)cc2)CC1. The first-order valence-corrected chi connectivity index (χ1v) is 10.9. The summed E-state index contributed by atoms with van der Waals surface area (Å²) in [4.78, 5) is 8.97. The third-order valence-corrected chi connectivity index (χ3v) is 7.22. The van der Waals surface area contributed by atoms with Crippen LogP contribution in [0.2, 0.25) is 0 Å². The van der Waals surface area contributed by atoms with Crippen LogP contribution in [0.3, 0.4) is 0 Å². The summed E-state index contributed by atoms with van der Waals surface area (Å²) in [6, 6.07) is 12.1. The van der Waals surface area contributed by atoms with Gasteiger partial charge in [-0.2, -0.15) is 9.57 Å². The van der Waals surface area contributed by atoms with Crippen LogP contribution < -0.4 is 0 Å².